The van der Waals surface area contributed by atoms with E-state index in [9.17, 15) is 8.78 Å². The summed E-state index contributed by atoms with van der Waals surface area (Å²) in [6.07, 6.45) is -2.16. The first-order valence-electron chi connectivity index (χ1n) is 6.58. The van der Waals surface area contributed by atoms with Gasteiger partial charge in [0.2, 0.25) is 0 Å². The number of hydrogen-bond donors (Lipinski definition) is 0. The van der Waals surface area contributed by atoms with E-state index in [1.165, 1.54) is 6.92 Å². The molecular formula is C15H24F2O. The maximum atomic E-state index is 12.7. The lowest BCUT2D eigenvalue weighted by Crippen LogP contribution is -2.38. The van der Waals surface area contributed by atoms with Gasteiger partial charge in [-0.3, -0.25) is 0 Å². The molecule has 1 aliphatic heterocycles. The van der Waals surface area contributed by atoms with E-state index in [0.717, 1.165) is 11.1 Å². The molecule has 1 unspecified atom stereocenters. The van der Waals surface area contributed by atoms with E-state index in [1.807, 2.05) is 46.8 Å². The number of benzene rings is 1. The van der Waals surface area contributed by atoms with Gasteiger partial charge in [-0.05, 0) is 25.5 Å². The van der Waals surface area contributed by atoms with Crippen LogP contribution in [0.15, 0.2) is 18.2 Å². The molecule has 1 aliphatic rings. The van der Waals surface area contributed by atoms with Crippen molar-refractivity contribution in [3.05, 3.63) is 29.3 Å². The van der Waals surface area contributed by atoms with Gasteiger partial charge in [0.1, 0.15) is 5.75 Å². The first kappa shape index (κ1) is 16.9. The Morgan fingerprint density at radius 3 is 2.22 bits per heavy atom. The summed E-state index contributed by atoms with van der Waals surface area (Å²) in [4.78, 5) is 0. The smallest absolute Gasteiger partial charge is 0.277 e. The average molecular weight is 258 g/mol. The fraction of sp³-hybridized carbons (Fsp3) is 0.600. The number of rotatable bonds is 1. The first-order chi connectivity index (χ1) is 8.51. The minimum Gasteiger partial charge on any atom is -0.481 e. The highest BCUT2D eigenvalue weighted by Crippen LogP contribution is 2.38. The normalized spacial score (nSPS) is 20.1. The molecule has 1 nitrogen and oxygen atoms in total. The number of aryl methyl sites for hydroxylation is 1. The van der Waals surface area contributed by atoms with Crippen molar-refractivity contribution in [2.45, 2.75) is 60.0 Å². The third-order valence-corrected chi connectivity index (χ3v) is 2.56. The molecule has 1 aromatic rings. The summed E-state index contributed by atoms with van der Waals surface area (Å²) in [7, 11) is 0. The van der Waals surface area contributed by atoms with Crippen LogP contribution < -0.4 is 4.74 Å². The number of hydrogen-bond acceptors (Lipinski definition) is 1. The molecule has 0 N–H and O–H groups in total. The van der Waals surface area contributed by atoms with Crippen LogP contribution in [0.3, 0.4) is 0 Å². The topological polar surface area (TPSA) is 9.23 Å². The van der Waals surface area contributed by atoms with Gasteiger partial charge in [0, 0.05) is 6.42 Å². The van der Waals surface area contributed by atoms with Crippen LogP contribution in [0.1, 0.15) is 45.7 Å². The van der Waals surface area contributed by atoms with Gasteiger partial charge in [0.15, 0.2) is 5.60 Å². The van der Waals surface area contributed by atoms with Gasteiger partial charge in [0.05, 0.1) is 0 Å². The molecule has 2 rings (SSSR count). The molecule has 0 saturated carbocycles. The number of halogens is 2. The van der Waals surface area contributed by atoms with Crippen LogP contribution in [0, 0.1) is 6.92 Å². The van der Waals surface area contributed by atoms with Crippen molar-refractivity contribution in [1.82, 2.24) is 0 Å². The first-order valence-corrected chi connectivity index (χ1v) is 6.58. The molecule has 0 spiro atoms. The van der Waals surface area contributed by atoms with Crippen molar-refractivity contribution < 1.29 is 13.5 Å². The van der Waals surface area contributed by atoms with Crippen molar-refractivity contribution in [3.8, 4) is 5.75 Å². The Labute approximate surface area is 109 Å². The Kier molecular flexibility index (Phi) is 6.89. The van der Waals surface area contributed by atoms with Gasteiger partial charge in [0.25, 0.3) is 6.43 Å². The van der Waals surface area contributed by atoms with Gasteiger partial charge in [-0.25, -0.2) is 8.78 Å². The van der Waals surface area contributed by atoms with Crippen LogP contribution in [0.4, 0.5) is 8.78 Å². The predicted molar refractivity (Wildman–Crippen MR) is 72.6 cm³/mol. The van der Waals surface area contributed by atoms with Crippen molar-refractivity contribution in [2.24, 2.45) is 0 Å². The van der Waals surface area contributed by atoms with E-state index in [0.29, 0.717) is 12.2 Å². The predicted octanol–water partition coefficient (Wildman–Crippen LogP) is 5.01. The summed E-state index contributed by atoms with van der Waals surface area (Å²) in [6.45, 7) is 11.4. The molecule has 3 heteroatoms. The Balaban J connectivity index is 0.000000659. The Bertz CT molecular complexity index is 364. The monoisotopic (exact) mass is 258 g/mol. The lowest BCUT2D eigenvalue weighted by molar-refractivity contribution is -0.0498. The largest absolute Gasteiger partial charge is 0.481 e. The van der Waals surface area contributed by atoms with Crippen LogP contribution >= 0.6 is 0 Å². The number of alkyl halides is 2. The van der Waals surface area contributed by atoms with Gasteiger partial charge in [-0.1, -0.05) is 45.4 Å². The summed E-state index contributed by atoms with van der Waals surface area (Å²) in [5, 5.41) is 0. The van der Waals surface area contributed by atoms with E-state index >= 15 is 0 Å². The van der Waals surface area contributed by atoms with E-state index in [-0.39, 0.29) is 0 Å². The van der Waals surface area contributed by atoms with Crippen LogP contribution in [-0.2, 0) is 6.42 Å². The standard InChI is InChI=1S/C11H12F2O.2C2H6/c1-7-3-4-9-8(5-7)6-11(2,14-9)10(12)13;2*1-2/h3-5,10H,6H2,1-2H3;2*1-2H3. The molecule has 0 aliphatic carbocycles. The minimum atomic E-state index is -2.45. The van der Waals surface area contributed by atoms with E-state index < -0.39 is 12.0 Å². The van der Waals surface area contributed by atoms with Crippen LogP contribution in [0.5, 0.6) is 5.75 Å². The zero-order chi connectivity index (χ0) is 14.3. The van der Waals surface area contributed by atoms with Gasteiger partial charge in [-0.15, -0.1) is 0 Å². The molecular weight excluding hydrogens is 234 g/mol. The van der Waals surface area contributed by atoms with Crippen molar-refractivity contribution in [2.75, 3.05) is 0 Å². The molecule has 1 aromatic carbocycles. The van der Waals surface area contributed by atoms with E-state index in [2.05, 4.69) is 0 Å². The maximum absolute atomic E-state index is 12.7. The van der Waals surface area contributed by atoms with E-state index in [1.54, 1.807) is 6.07 Å². The van der Waals surface area contributed by atoms with Crippen LogP contribution in [-0.4, -0.2) is 12.0 Å². The van der Waals surface area contributed by atoms with E-state index in [4.69, 9.17) is 4.74 Å². The molecule has 0 bridgehead atoms. The van der Waals surface area contributed by atoms with Gasteiger partial charge < -0.3 is 4.74 Å². The Morgan fingerprint density at radius 1 is 1.17 bits per heavy atom. The number of fused-ring (bicyclic) bond motifs is 1. The number of ether oxygens (including phenoxy) is 1. The third kappa shape index (κ3) is 3.69. The van der Waals surface area contributed by atoms with Gasteiger partial charge >= 0.3 is 0 Å². The second-order valence-electron chi connectivity index (χ2n) is 4.00. The minimum absolute atomic E-state index is 0.293. The molecule has 104 valence electrons. The molecule has 0 aromatic heterocycles. The zero-order valence-electron chi connectivity index (χ0n) is 12.2. The summed E-state index contributed by atoms with van der Waals surface area (Å²) in [5.41, 5.74) is 0.620. The summed E-state index contributed by atoms with van der Waals surface area (Å²) < 4.78 is 30.6. The summed E-state index contributed by atoms with van der Waals surface area (Å²) in [6, 6.07) is 5.54. The molecule has 0 radical (unpaired) electrons. The molecule has 0 amide bonds. The second-order valence-corrected chi connectivity index (χ2v) is 4.00. The zero-order valence-corrected chi connectivity index (χ0v) is 12.2. The maximum Gasteiger partial charge on any atom is 0.277 e. The fourth-order valence-electron chi connectivity index (χ4n) is 1.73. The lowest BCUT2D eigenvalue weighted by atomic mass is 9.99. The average Bonchev–Trinajstić information content (AvgIpc) is 2.71. The van der Waals surface area contributed by atoms with Crippen LogP contribution in [0.25, 0.3) is 0 Å². The molecule has 0 fully saturated rings. The quantitative estimate of drug-likeness (QED) is 0.688. The Hall–Kier alpha value is -1.12. The van der Waals surface area contributed by atoms with Gasteiger partial charge in [-0.2, -0.15) is 0 Å². The highest BCUT2D eigenvalue weighted by atomic mass is 19.3. The molecule has 0 saturated heterocycles. The SMILES string of the molecule is CC.CC.Cc1ccc2c(c1)CC(C)(C(F)F)O2. The summed E-state index contributed by atoms with van der Waals surface area (Å²) in [5.74, 6) is 0.596. The highest BCUT2D eigenvalue weighted by Gasteiger charge is 2.43. The summed E-state index contributed by atoms with van der Waals surface area (Å²) >= 11 is 0. The van der Waals surface area contributed by atoms with Crippen molar-refractivity contribution >= 4 is 0 Å². The van der Waals surface area contributed by atoms with Crippen LogP contribution in [0.2, 0.25) is 0 Å². The highest BCUT2D eigenvalue weighted by molar-refractivity contribution is 5.41. The molecule has 1 heterocycles. The lowest BCUT2D eigenvalue weighted by Gasteiger charge is -2.22. The molecule has 1 atom stereocenters. The van der Waals surface area contributed by atoms with Crippen molar-refractivity contribution in [1.29, 1.82) is 0 Å². The third-order valence-electron chi connectivity index (χ3n) is 2.56. The fourth-order valence-corrected chi connectivity index (χ4v) is 1.73. The Morgan fingerprint density at radius 2 is 1.72 bits per heavy atom. The van der Waals surface area contributed by atoms with Crippen molar-refractivity contribution in [3.63, 3.8) is 0 Å². The molecule has 18 heavy (non-hydrogen) atoms. The second kappa shape index (κ2) is 7.34.